The van der Waals surface area contributed by atoms with Crippen LogP contribution >= 0.6 is 0 Å². The quantitative estimate of drug-likeness (QED) is 0.789. The molecule has 1 atom stereocenters. The zero-order chi connectivity index (χ0) is 12.3. The highest BCUT2D eigenvalue weighted by Crippen LogP contribution is 2.34. The molecule has 0 saturated carbocycles. The summed E-state index contributed by atoms with van der Waals surface area (Å²) in [6, 6.07) is 7.92. The normalized spacial score (nSPS) is 16.6. The number of hydrogen-bond acceptors (Lipinski definition) is 3. The zero-order valence-electron chi connectivity index (χ0n) is 9.73. The number of benzene rings is 1. The molecule has 1 N–H and O–H groups in total. The largest absolute Gasteiger partial charge is 0.469 e. The van der Waals surface area contributed by atoms with Crippen LogP contribution in [-0.4, -0.2) is 25.5 Å². The molecule has 1 unspecified atom stereocenters. The van der Waals surface area contributed by atoms with Crippen LogP contribution in [0.3, 0.4) is 0 Å². The van der Waals surface area contributed by atoms with Crippen molar-refractivity contribution < 1.29 is 14.3 Å². The molecule has 17 heavy (non-hydrogen) atoms. The van der Waals surface area contributed by atoms with Crippen molar-refractivity contribution in [2.45, 2.75) is 18.8 Å². The summed E-state index contributed by atoms with van der Waals surface area (Å²) in [5.41, 5.74) is 2.34. The first kappa shape index (κ1) is 11.6. The number of nitrogens with one attached hydrogen (secondary N) is 1. The van der Waals surface area contributed by atoms with E-state index < -0.39 is 0 Å². The molecule has 4 heteroatoms. The van der Waals surface area contributed by atoms with Gasteiger partial charge in [-0.1, -0.05) is 24.3 Å². The fourth-order valence-corrected chi connectivity index (χ4v) is 2.01. The molecule has 0 bridgehead atoms. The minimum absolute atomic E-state index is 0.00685. The summed E-state index contributed by atoms with van der Waals surface area (Å²) in [6.45, 7) is 0.337. The molecule has 1 aliphatic rings. The summed E-state index contributed by atoms with van der Waals surface area (Å²) in [6.07, 6.45) is 1.01. The van der Waals surface area contributed by atoms with E-state index in [1.807, 2.05) is 24.3 Å². The van der Waals surface area contributed by atoms with Gasteiger partial charge in [0, 0.05) is 6.54 Å². The van der Waals surface area contributed by atoms with Gasteiger partial charge in [0.25, 0.3) is 0 Å². The number of carbonyl (C=O) groups excluding carboxylic acids is 2. The van der Waals surface area contributed by atoms with Crippen molar-refractivity contribution in [3.8, 4) is 0 Å². The molecule has 0 aliphatic heterocycles. The fraction of sp³-hybridized carbons (Fsp3) is 0.385. The summed E-state index contributed by atoms with van der Waals surface area (Å²) in [5.74, 6) is -0.365. The molecular weight excluding hydrogens is 218 g/mol. The summed E-state index contributed by atoms with van der Waals surface area (Å²) < 4.78 is 4.50. The lowest BCUT2D eigenvalue weighted by atomic mass is 9.77. The van der Waals surface area contributed by atoms with Crippen LogP contribution < -0.4 is 5.32 Å². The highest BCUT2D eigenvalue weighted by Gasteiger charge is 2.31. The van der Waals surface area contributed by atoms with Gasteiger partial charge in [-0.15, -0.1) is 0 Å². The molecule has 4 nitrogen and oxygen atoms in total. The number of fused-ring (bicyclic) bond motifs is 1. The molecule has 0 fully saturated rings. The molecule has 2 rings (SSSR count). The molecule has 0 saturated heterocycles. The van der Waals surface area contributed by atoms with E-state index in [-0.39, 0.29) is 24.2 Å². The van der Waals surface area contributed by atoms with Gasteiger partial charge in [0.2, 0.25) is 5.91 Å². The predicted molar refractivity (Wildman–Crippen MR) is 62.5 cm³/mol. The number of hydrogen-bond donors (Lipinski definition) is 1. The number of methoxy groups -OCH3 is 1. The van der Waals surface area contributed by atoms with Gasteiger partial charge in [0.15, 0.2) is 0 Å². The monoisotopic (exact) mass is 233 g/mol. The summed E-state index contributed by atoms with van der Waals surface area (Å²) in [5, 5.41) is 2.75. The predicted octanol–water partition coefficient (Wildman–Crippen LogP) is 1.01. The van der Waals surface area contributed by atoms with E-state index in [1.165, 1.54) is 12.7 Å². The second-order valence-electron chi connectivity index (χ2n) is 4.07. The zero-order valence-corrected chi connectivity index (χ0v) is 9.73. The Labute approximate surface area is 100.0 Å². The minimum Gasteiger partial charge on any atom is -0.469 e. The lowest BCUT2D eigenvalue weighted by Gasteiger charge is -2.28. The maximum absolute atomic E-state index is 11.8. The SMILES string of the molecule is COC(=O)CCNC(=O)C1Cc2ccccc21. The number of carbonyl (C=O) groups is 2. The van der Waals surface area contributed by atoms with Crippen molar-refractivity contribution in [1.29, 1.82) is 0 Å². The van der Waals surface area contributed by atoms with Crippen molar-refractivity contribution in [3.63, 3.8) is 0 Å². The van der Waals surface area contributed by atoms with E-state index >= 15 is 0 Å². The topological polar surface area (TPSA) is 55.4 Å². The first-order valence-electron chi connectivity index (χ1n) is 5.64. The molecule has 1 aromatic rings. The summed E-state index contributed by atoms with van der Waals surface area (Å²) in [4.78, 5) is 22.7. The lowest BCUT2D eigenvalue weighted by Crippen LogP contribution is -2.36. The molecule has 1 aliphatic carbocycles. The standard InChI is InChI=1S/C13H15NO3/c1-17-12(15)6-7-14-13(16)11-8-9-4-2-3-5-10(9)11/h2-5,11H,6-8H2,1H3,(H,14,16). The average molecular weight is 233 g/mol. The first-order chi connectivity index (χ1) is 8.22. The number of esters is 1. The third kappa shape index (κ3) is 2.46. The maximum Gasteiger partial charge on any atom is 0.307 e. The van der Waals surface area contributed by atoms with Crippen LogP contribution in [0.15, 0.2) is 24.3 Å². The van der Waals surface area contributed by atoms with Crippen molar-refractivity contribution in [2.75, 3.05) is 13.7 Å². The molecule has 0 radical (unpaired) electrons. The number of amides is 1. The van der Waals surface area contributed by atoms with Crippen LogP contribution in [0.2, 0.25) is 0 Å². The van der Waals surface area contributed by atoms with E-state index in [2.05, 4.69) is 10.1 Å². The minimum atomic E-state index is -0.306. The number of rotatable bonds is 4. The molecule has 90 valence electrons. The molecular formula is C13H15NO3. The molecule has 0 heterocycles. The Balaban J connectivity index is 1.82. The molecule has 0 aromatic heterocycles. The summed E-state index contributed by atoms with van der Waals surface area (Å²) >= 11 is 0. The fourth-order valence-electron chi connectivity index (χ4n) is 2.01. The Kier molecular flexibility index (Phi) is 3.42. The van der Waals surface area contributed by atoms with Gasteiger partial charge >= 0.3 is 5.97 Å². The van der Waals surface area contributed by atoms with Gasteiger partial charge in [-0.05, 0) is 17.5 Å². The van der Waals surface area contributed by atoms with Crippen LogP contribution in [0.4, 0.5) is 0 Å². The average Bonchev–Trinajstić information content (AvgIpc) is 2.30. The van der Waals surface area contributed by atoms with Gasteiger partial charge in [-0.2, -0.15) is 0 Å². The first-order valence-corrected chi connectivity index (χ1v) is 5.64. The van der Waals surface area contributed by atoms with Crippen LogP contribution in [0.1, 0.15) is 23.5 Å². The smallest absolute Gasteiger partial charge is 0.307 e. The maximum atomic E-state index is 11.8. The van der Waals surface area contributed by atoms with Crippen LogP contribution in [0.5, 0.6) is 0 Å². The Morgan fingerprint density at radius 1 is 1.41 bits per heavy atom. The van der Waals surface area contributed by atoms with Crippen molar-refractivity contribution in [1.82, 2.24) is 5.32 Å². The van der Waals surface area contributed by atoms with E-state index in [9.17, 15) is 9.59 Å². The van der Waals surface area contributed by atoms with Gasteiger partial charge in [-0.25, -0.2) is 0 Å². The molecule has 0 spiro atoms. The van der Waals surface area contributed by atoms with E-state index in [4.69, 9.17) is 0 Å². The van der Waals surface area contributed by atoms with E-state index in [1.54, 1.807) is 0 Å². The van der Waals surface area contributed by atoms with Crippen LogP contribution in [0, 0.1) is 0 Å². The van der Waals surface area contributed by atoms with Gasteiger partial charge < -0.3 is 10.1 Å². The third-order valence-electron chi connectivity index (χ3n) is 3.03. The molecule has 1 amide bonds. The van der Waals surface area contributed by atoms with E-state index in [0.29, 0.717) is 6.54 Å². The van der Waals surface area contributed by atoms with Gasteiger partial charge in [0.1, 0.15) is 0 Å². The van der Waals surface area contributed by atoms with E-state index in [0.717, 1.165) is 12.0 Å². The molecule has 1 aromatic carbocycles. The third-order valence-corrected chi connectivity index (χ3v) is 3.03. The van der Waals surface area contributed by atoms with Crippen LogP contribution in [-0.2, 0) is 20.7 Å². The Morgan fingerprint density at radius 2 is 2.18 bits per heavy atom. The Hall–Kier alpha value is -1.84. The lowest BCUT2D eigenvalue weighted by molar-refractivity contribution is -0.140. The van der Waals surface area contributed by atoms with Crippen molar-refractivity contribution >= 4 is 11.9 Å². The van der Waals surface area contributed by atoms with Gasteiger partial charge in [-0.3, -0.25) is 9.59 Å². The Bertz CT molecular complexity index is 442. The summed E-state index contributed by atoms with van der Waals surface area (Å²) in [7, 11) is 1.34. The number of ether oxygens (including phenoxy) is 1. The second kappa shape index (κ2) is 4.99. The highest BCUT2D eigenvalue weighted by molar-refractivity contribution is 5.87. The van der Waals surface area contributed by atoms with Gasteiger partial charge in [0.05, 0.1) is 19.4 Å². The second-order valence-corrected chi connectivity index (χ2v) is 4.07. The highest BCUT2D eigenvalue weighted by atomic mass is 16.5. The van der Waals surface area contributed by atoms with Crippen molar-refractivity contribution in [2.24, 2.45) is 0 Å². The van der Waals surface area contributed by atoms with Crippen LogP contribution in [0.25, 0.3) is 0 Å². The van der Waals surface area contributed by atoms with Crippen molar-refractivity contribution in [3.05, 3.63) is 35.4 Å². The Morgan fingerprint density at radius 3 is 2.88 bits per heavy atom.